The van der Waals surface area contributed by atoms with Crippen molar-refractivity contribution in [1.82, 2.24) is 10.2 Å². The van der Waals surface area contributed by atoms with Gasteiger partial charge in [-0.25, -0.2) is 0 Å². The van der Waals surface area contributed by atoms with E-state index < -0.39 is 0 Å². The molecule has 0 saturated carbocycles. The summed E-state index contributed by atoms with van der Waals surface area (Å²) >= 11 is 0. The minimum atomic E-state index is -0.302. The van der Waals surface area contributed by atoms with Crippen LogP contribution in [0.4, 0.5) is 0 Å². The number of likely N-dealkylation sites (tertiary alicyclic amines) is 1. The maximum atomic E-state index is 12.0. The number of β-amino-alcohol motifs (C(OH)–C–C–N with tert-alkyl or cyclic N) is 1. The van der Waals surface area contributed by atoms with Gasteiger partial charge in [0.15, 0.2) is 0 Å². The third kappa shape index (κ3) is 1.77. The molecule has 0 aromatic rings. The highest BCUT2D eigenvalue weighted by Gasteiger charge is 2.35. The van der Waals surface area contributed by atoms with Crippen molar-refractivity contribution < 1.29 is 9.90 Å². The minimum Gasteiger partial charge on any atom is -0.391 e. The quantitative estimate of drug-likeness (QED) is 0.601. The van der Waals surface area contributed by atoms with Gasteiger partial charge in [-0.2, -0.15) is 0 Å². The topological polar surface area (TPSA) is 52.6 Å². The number of carbonyl (C=O) groups is 1. The van der Waals surface area contributed by atoms with Crippen molar-refractivity contribution in [3.63, 3.8) is 0 Å². The van der Waals surface area contributed by atoms with Crippen molar-refractivity contribution in [3.8, 4) is 0 Å². The van der Waals surface area contributed by atoms with Crippen LogP contribution < -0.4 is 5.32 Å². The zero-order chi connectivity index (χ0) is 10.1. The van der Waals surface area contributed by atoms with Crippen LogP contribution in [0.25, 0.3) is 0 Å². The summed E-state index contributed by atoms with van der Waals surface area (Å²) in [5.74, 6) is 0.347. The van der Waals surface area contributed by atoms with Gasteiger partial charge in [0.05, 0.1) is 12.0 Å². The Bertz CT molecular complexity index is 232. The molecule has 2 heterocycles. The molecule has 0 bridgehead atoms. The van der Waals surface area contributed by atoms with E-state index in [1.807, 2.05) is 0 Å². The number of amides is 1. The Morgan fingerprint density at radius 3 is 2.79 bits per heavy atom. The predicted molar refractivity (Wildman–Crippen MR) is 52.8 cm³/mol. The van der Waals surface area contributed by atoms with Crippen LogP contribution in [0.5, 0.6) is 0 Å². The molecular weight excluding hydrogens is 180 g/mol. The molecular formula is C10H18N2O2. The fourth-order valence-corrected chi connectivity index (χ4v) is 2.37. The summed E-state index contributed by atoms with van der Waals surface area (Å²) in [6, 6.07) is 0.292. The third-order valence-corrected chi connectivity index (χ3v) is 3.32. The summed E-state index contributed by atoms with van der Waals surface area (Å²) in [5.41, 5.74) is 0. The molecule has 0 aromatic heterocycles. The fraction of sp³-hybridized carbons (Fsp3) is 0.900. The number of nitrogens with zero attached hydrogens (tertiary/aromatic N) is 1. The Kier molecular flexibility index (Phi) is 2.74. The van der Waals surface area contributed by atoms with E-state index in [2.05, 4.69) is 12.2 Å². The van der Waals surface area contributed by atoms with E-state index in [9.17, 15) is 9.90 Å². The molecule has 0 aromatic carbocycles. The van der Waals surface area contributed by atoms with Gasteiger partial charge in [0.1, 0.15) is 0 Å². The lowest BCUT2D eigenvalue weighted by molar-refractivity contribution is -0.134. The van der Waals surface area contributed by atoms with Crippen LogP contribution in [-0.2, 0) is 4.79 Å². The van der Waals surface area contributed by atoms with Gasteiger partial charge in [0, 0.05) is 19.1 Å². The number of aliphatic hydroxyl groups excluding tert-OH is 1. The Morgan fingerprint density at radius 1 is 1.50 bits per heavy atom. The maximum absolute atomic E-state index is 12.0. The van der Waals surface area contributed by atoms with Crippen molar-refractivity contribution in [2.45, 2.75) is 31.9 Å². The zero-order valence-corrected chi connectivity index (χ0v) is 8.57. The van der Waals surface area contributed by atoms with Crippen molar-refractivity contribution >= 4 is 5.91 Å². The summed E-state index contributed by atoms with van der Waals surface area (Å²) in [6.45, 7) is 4.25. The zero-order valence-electron chi connectivity index (χ0n) is 8.57. The smallest absolute Gasteiger partial charge is 0.227 e. The van der Waals surface area contributed by atoms with Gasteiger partial charge in [0.2, 0.25) is 5.91 Å². The number of hydrogen-bond donors (Lipinski definition) is 2. The van der Waals surface area contributed by atoms with E-state index in [1.54, 1.807) is 4.90 Å². The number of aliphatic hydroxyl groups is 1. The lowest BCUT2D eigenvalue weighted by Crippen LogP contribution is -2.39. The molecule has 1 amide bonds. The van der Waals surface area contributed by atoms with Crippen molar-refractivity contribution in [2.24, 2.45) is 5.92 Å². The Morgan fingerprint density at radius 2 is 2.29 bits per heavy atom. The second-order valence-corrected chi connectivity index (χ2v) is 4.36. The molecule has 4 heteroatoms. The van der Waals surface area contributed by atoms with Crippen LogP contribution in [0.15, 0.2) is 0 Å². The highest BCUT2D eigenvalue weighted by molar-refractivity contribution is 5.80. The van der Waals surface area contributed by atoms with Crippen LogP contribution in [0, 0.1) is 5.92 Å². The van der Waals surface area contributed by atoms with Gasteiger partial charge in [-0.3, -0.25) is 4.79 Å². The molecule has 4 nitrogen and oxygen atoms in total. The Hall–Kier alpha value is -0.610. The summed E-state index contributed by atoms with van der Waals surface area (Å²) in [7, 11) is 0. The lowest BCUT2D eigenvalue weighted by Gasteiger charge is -2.22. The summed E-state index contributed by atoms with van der Waals surface area (Å²) in [5, 5.41) is 12.6. The molecule has 14 heavy (non-hydrogen) atoms. The van der Waals surface area contributed by atoms with E-state index in [1.165, 1.54) is 0 Å². The highest BCUT2D eigenvalue weighted by atomic mass is 16.3. The van der Waals surface area contributed by atoms with Crippen molar-refractivity contribution in [1.29, 1.82) is 0 Å². The molecule has 2 saturated heterocycles. The summed E-state index contributed by atoms with van der Waals surface area (Å²) in [6.07, 6.45) is 1.37. The molecule has 2 aliphatic heterocycles. The average Bonchev–Trinajstić information content (AvgIpc) is 2.73. The first-order chi connectivity index (χ1) is 6.68. The normalized spacial score (nSPS) is 37.9. The van der Waals surface area contributed by atoms with Crippen LogP contribution in [0.2, 0.25) is 0 Å². The number of hydrogen-bond acceptors (Lipinski definition) is 3. The van der Waals surface area contributed by atoms with Gasteiger partial charge in [-0.05, 0) is 26.3 Å². The van der Waals surface area contributed by atoms with Gasteiger partial charge in [0.25, 0.3) is 0 Å². The maximum Gasteiger partial charge on any atom is 0.227 e. The molecule has 2 N–H and O–H groups in total. The molecule has 2 aliphatic rings. The molecule has 2 rings (SSSR count). The van der Waals surface area contributed by atoms with Crippen molar-refractivity contribution in [2.75, 3.05) is 19.6 Å². The highest BCUT2D eigenvalue weighted by Crippen LogP contribution is 2.20. The number of rotatable bonds is 1. The molecule has 3 unspecified atom stereocenters. The van der Waals surface area contributed by atoms with E-state index in [0.29, 0.717) is 12.6 Å². The first kappa shape index (κ1) is 9.93. The summed E-state index contributed by atoms with van der Waals surface area (Å²) in [4.78, 5) is 13.8. The lowest BCUT2D eigenvalue weighted by atomic mass is 10.0. The van der Waals surface area contributed by atoms with E-state index in [0.717, 1.165) is 25.9 Å². The minimum absolute atomic E-state index is 0.125. The standard InChI is InChI=1S/C10H18N2O2/c1-7-9(2-4-11-7)10(14)12-5-3-8(13)6-12/h7-9,11,13H,2-6H2,1H3. The van der Waals surface area contributed by atoms with Gasteiger partial charge in [-0.1, -0.05) is 0 Å². The third-order valence-electron chi connectivity index (χ3n) is 3.32. The van der Waals surface area contributed by atoms with Gasteiger partial charge < -0.3 is 15.3 Å². The van der Waals surface area contributed by atoms with E-state index in [4.69, 9.17) is 0 Å². The molecule has 80 valence electrons. The molecule has 0 radical (unpaired) electrons. The van der Waals surface area contributed by atoms with Crippen LogP contribution in [0.3, 0.4) is 0 Å². The van der Waals surface area contributed by atoms with Gasteiger partial charge in [-0.15, -0.1) is 0 Å². The van der Waals surface area contributed by atoms with Crippen LogP contribution in [0.1, 0.15) is 19.8 Å². The molecule has 3 atom stereocenters. The fourth-order valence-electron chi connectivity index (χ4n) is 2.37. The Labute approximate surface area is 84.3 Å². The second kappa shape index (κ2) is 3.87. The van der Waals surface area contributed by atoms with Crippen molar-refractivity contribution in [3.05, 3.63) is 0 Å². The molecule has 2 fully saturated rings. The number of carbonyl (C=O) groups excluding carboxylic acids is 1. The molecule has 0 spiro atoms. The van der Waals surface area contributed by atoms with Gasteiger partial charge >= 0.3 is 0 Å². The SMILES string of the molecule is CC1NCCC1C(=O)N1CCC(O)C1. The number of nitrogens with one attached hydrogen (secondary N) is 1. The summed E-state index contributed by atoms with van der Waals surface area (Å²) < 4.78 is 0. The predicted octanol–water partition coefficient (Wildman–Crippen LogP) is -0.422. The van der Waals surface area contributed by atoms with Crippen LogP contribution in [-0.4, -0.2) is 47.7 Å². The van der Waals surface area contributed by atoms with E-state index in [-0.39, 0.29) is 17.9 Å². The Balaban J connectivity index is 1.94. The monoisotopic (exact) mass is 198 g/mol. The van der Waals surface area contributed by atoms with Crippen LogP contribution >= 0.6 is 0 Å². The second-order valence-electron chi connectivity index (χ2n) is 4.36. The molecule has 0 aliphatic carbocycles. The van der Waals surface area contributed by atoms with E-state index >= 15 is 0 Å². The average molecular weight is 198 g/mol. The first-order valence-electron chi connectivity index (χ1n) is 5.38. The first-order valence-corrected chi connectivity index (χ1v) is 5.38. The largest absolute Gasteiger partial charge is 0.391 e.